The highest BCUT2D eigenvalue weighted by atomic mass is 16.6. The molecular formula is C32H47N3O5. The summed E-state index contributed by atoms with van der Waals surface area (Å²) in [7, 11) is 0. The molecule has 0 aliphatic carbocycles. The molecule has 0 radical (unpaired) electrons. The number of alkyl carbamates (subject to hydrolysis) is 1. The summed E-state index contributed by atoms with van der Waals surface area (Å²) in [4.78, 5) is 42.6. The topological polar surface area (TPSA) is 108 Å². The highest BCUT2D eigenvalue weighted by Crippen LogP contribution is 2.26. The van der Waals surface area contributed by atoms with Gasteiger partial charge in [0.2, 0.25) is 11.8 Å². The van der Waals surface area contributed by atoms with E-state index in [1.54, 1.807) is 37.8 Å². The number of benzene rings is 2. The van der Waals surface area contributed by atoms with Crippen LogP contribution < -0.4 is 10.6 Å². The Morgan fingerprint density at radius 2 is 1.55 bits per heavy atom. The second kappa shape index (κ2) is 14.7. The van der Waals surface area contributed by atoms with Gasteiger partial charge in [-0.2, -0.15) is 0 Å². The summed E-state index contributed by atoms with van der Waals surface area (Å²) < 4.78 is 5.49. The zero-order chi connectivity index (χ0) is 30.0. The van der Waals surface area contributed by atoms with Gasteiger partial charge in [0.15, 0.2) is 0 Å². The molecule has 220 valence electrons. The van der Waals surface area contributed by atoms with E-state index in [-0.39, 0.29) is 30.0 Å². The number of rotatable bonds is 12. The summed E-state index contributed by atoms with van der Waals surface area (Å²) in [5, 5.41) is 15.5. The van der Waals surface area contributed by atoms with E-state index in [4.69, 9.17) is 4.74 Å². The smallest absolute Gasteiger partial charge is 0.408 e. The maximum absolute atomic E-state index is 14.4. The molecule has 8 heteroatoms. The van der Waals surface area contributed by atoms with Crippen molar-refractivity contribution in [3.63, 3.8) is 0 Å². The van der Waals surface area contributed by atoms with E-state index >= 15 is 0 Å². The van der Waals surface area contributed by atoms with Crippen LogP contribution in [-0.2, 0) is 20.7 Å². The third kappa shape index (κ3) is 10.5. The van der Waals surface area contributed by atoms with Crippen molar-refractivity contribution in [2.24, 2.45) is 0 Å². The van der Waals surface area contributed by atoms with Gasteiger partial charge in [-0.1, -0.05) is 61.2 Å². The quantitative estimate of drug-likeness (QED) is 0.291. The summed E-state index contributed by atoms with van der Waals surface area (Å²) in [6, 6.07) is 10.4. The minimum absolute atomic E-state index is 0.105. The molecule has 0 saturated carbocycles. The number of phenolic OH excluding ortho intramolecular Hbond substituents is 1. The normalized spacial score (nSPS) is 12.9. The monoisotopic (exact) mass is 553 g/mol. The number of amides is 3. The van der Waals surface area contributed by atoms with Crippen LogP contribution in [0.1, 0.15) is 89.1 Å². The van der Waals surface area contributed by atoms with Gasteiger partial charge in [0.25, 0.3) is 0 Å². The van der Waals surface area contributed by atoms with Gasteiger partial charge in [0.1, 0.15) is 23.4 Å². The number of carbonyl (C=O) groups is 3. The van der Waals surface area contributed by atoms with E-state index < -0.39 is 23.8 Å². The predicted molar refractivity (Wildman–Crippen MR) is 158 cm³/mol. The summed E-state index contributed by atoms with van der Waals surface area (Å²) in [6.45, 7) is 15.4. The number of unbranched alkanes of at least 4 members (excludes halogenated alkanes) is 2. The van der Waals surface area contributed by atoms with E-state index in [0.29, 0.717) is 13.0 Å². The van der Waals surface area contributed by atoms with Crippen LogP contribution in [0.25, 0.3) is 0 Å². The Hall–Kier alpha value is -3.55. The first-order valence-electron chi connectivity index (χ1n) is 14.2. The summed E-state index contributed by atoms with van der Waals surface area (Å²) >= 11 is 0. The highest BCUT2D eigenvalue weighted by molar-refractivity contribution is 5.92. The molecular weight excluding hydrogens is 506 g/mol. The van der Waals surface area contributed by atoms with Crippen LogP contribution in [0.15, 0.2) is 42.5 Å². The molecule has 0 aliphatic heterocycles. The molecule has 2 atom stereocenters. The van der Waals surface area contributed by atoms with Gasteiger partial charge in [-0.05, 0) is 78.1 Å². The number of aromatic hydroxyl groups is 1. The number of carbonyl (C=O) groups excluding carboxylic acids is 3. The molecule has 3 N–H and O–H groups in total. The first-order valence-corrected chi connectivity index (χ1v) is 14.2. The lowest BCUT2D eigenvalue weighted by Gasteiger charge is -2.35. The third-order valence-electron chi connectivity index (χ3n) is 6.20. The molecule has 2 aromatic rings. The number of aryl methyl sites for hydroxylation is 2. The van der Waals surface area contributed by atoms with Crippen LogP contribution in [0.5, 0.6) is 5.75 Å². The average molecular weight is 554 g/mol. The molecule has 40 heavy (non-hydrogen) atoms. The second-order valence-electron chi connectivity index (χ2n) is 11.8. The molecule has 0 aliphatic rings. The molecule has 8 nitrogen and oxygen atoms in total. The maximum Gasteiger partial charge on any atom is 0.408 e. The van der Waals surface area contributed by atoms with E-state index in [2.05, 4.69) is 17.6 Å². The molecule has 0 spiro atoms. The molecule has 2 unspecified atom stereocenters. The molecule has 0 aromatic heterocycles. The molecule has 0 bridgehead atoms. The Labute approximate surface area is 239 Å². The molecule has 2 rings (SSSR count). The van der Waals surface area contributed by atoms with Gasteiger partial charge in [-0.15, -0.1) is 0 Å². The fourth-order valence-corrected chi connectivity index (χ4v) is 4.62. The number of hydrogen-bond donors (Lipinski definition) is 3. The van der Waals surface area contributed by atoms with E-state index in [9.17, 15) is 19.5 Å². The van der Waals surface area contributed by atoms with Crippen molar-refractivity contribution in [3.8, 4) is 5.75 Å². The van der Waals surface area contributed by atoms with Gasteiger partial charge < -0.3 is 25.4 Å². The Bertz CT molecular complexity index is 1120. The standard InChI is InChI=1S/C32H47N3O5/c1-9-10-11-16-35(28(29(37)33-21(2)3)25-18-22(4)17-23(5)19-25)30(38)27(34-31(39)40-32(6,7)8)20-24-12-14-26(36)15-13-24/h12-15,17-19,21,27-28,36H,9-11,16,20H2,1-8H3,(H,33,37)(H,34,39). The summed E-state index contributed by atoms with van der Waals surface area (Å²) in [6.07, 6.45) is 1.98. The molecule has 3 amide bonds. The lowest BCUT2D eigenvalue weighted by atomic mass is 9.97. The van der Waals surface area contributed by atoms with E-state index in [1.807, 2.05) is 45.9 Å². The molecule has 2 aromatic carbocycles. The van der Waals surface area contributed by atoms with Crippen LogP contribution in [0.3, 0.4) is 0 Å². The minimum Gasteiger partial charge on any atom is -0.508 e. The first-order chi connectivity index (χ1) is 18.7. The fourth-order valence-electron chi connectivity index (χ4n) is 4.62. The predicted octanol–water partition coefficient (Wildman–Crippen LogP) is 5.73. The second-order valence-corrected chi connectivity index (χ2v) is 11.8. The summed E-state index contributed by atoms with van der Waals surface area (Å²) in [5.41, 5.74) is 2.70. The first kappa shape index (κ1) is 32.7. The van der Waals surface area contributed by atoms with Crippen LogP contribution in [0.4, 0.5) is 4.79 Å². The zero-order valence-electron chi connectivity index (χ0n) is 25.3. The minimum atomic E-state index is -0.999. The lowest BCUT2D eigenvalue weighted by Crippen LogP contribution is -2.54. The van der Waals surface area contributed by atoms with Crippen molar-refractivity contribution >= 4 is 17.9 Å². The van der Waals surface area contributed by atoms with Crippen LogP contribution in [0, 0.1) is 13.8 Å². The molecule has 0 heterocycles. The third-order valence-corrected chi connectivity index (χ3v) is 6.20. The van der Waals surface area contributed by atoms with Crippen LogP contribution in [-0.4, -0.2) is 52.1 Å². The van der Waals surface area contributed by atoms with Crippen molar-refractivity contribution < 1.29 is 24.2 Å². The van der Waals surface area contributed by atoms with Crippen molar-refractivity contribution in [1.82, 2.24) is 15.5 Å². The number of phenols is 1. The van der Waals surface area contributed by atoms with Crippen molar-refractivity contribution in [1.29, 1.82) is 0 Å². The largest absolute Gasteiger partial charge is 0.508 e. The van der Waals surface area contributed by atoms with E-state index in [1.165, 1.54) is 12.1 Å². The van der Waals surface area contributed by atoms with Gasteiger partial charge >= 0.3 is 6.09 Å². The Morgan fingerprint density at radius 1 is 0.950 bits per heavy atom. The van der Waals surface area contributed by atoms with Crippen LogP contribution >= 0.6 is 0 Å². The Balaban J connectivity index is 2.60. The molecule has 0 saturated heterocycles. The number of ether oxygens (including phenoxy) is 1. The average Bonchev–Trinajstić information content (AvgIpc) is 2.81. The zero-order valence-corrected chi connectivity index (χ0v) is 25.3. The number of nitrogens with one attached hydrogen (secondary N) is 2. The maximum atomic E-state index is 14.4. The van der Waals surface area contributed by atoms with Gasteiger partial charge in [0.05, 0.1) is 0 Å². The lowest BCUT2D eigenvalue weighted by molar-refractivity contribution is -0.142. The number of nitrogens with zero attached hydrogens (tertiary/aromatic N) is 1. The van der Waals surface area contributed by atoms with Gasteiger partial charge in [-0.25, -0.2) is 4.79 Å². The SMILES string of the molecule is CCCCCN(C(=O)C(Cc1ccc(O)cc1)NC(=O)OC(C)(C)C)C(C(=O)NC(C)C)c1cc(C)cc(C)c1. The summed E-state index contributed by atoms with van der Waals surface area (Å²) in [5.74, 6) is -0.545. The van der Waals surface area contributed by atoms with Crippen molar-refractivity contribution in [2.75, 3.05) is 6.54 Å². The Kier molecular flexibility index (Phi) is 12.0. The van der Waals surface area contributed by atoms with Crippen molar-refractivity contribution in [3.05, 3.63) is 64.7 Å². The highest BCUT2D eigenvalue weighted by Gasteiger charge is 2.36. The number of hydrogen-bond acceptors (Lipinski definition) is 5. The van der Waals surface area contributed by atoms with Crippen LogP contribution in [0.2, 0.25) is 0 Å². The van der Waals surface area contributed by atoms with Crippen molar-refractivity contribution in [2.45, 2.75) is 105 Å². The van der Waals surface area contributed by atoms with Gasteiger partial charge in [0, 0.05) is 19.0 Å². The fraction of sp³-hybridized carbons (Fsp3) is 0.531. The van der Waals surface area contributed by atoms with Gasteiger partial charge in [-0.3, -0.25) is 9.59 Å². The van der Waals surface area contributed by atoms with E-state index in [0.717, 1.165) is 35.1 Å². The Morgan fingerprint density at radius 3 is 2.08 bits per heavy atom. The molecule has 0 fully saturated rings.